The molecule has 3 aromatic heterocycles. The Bertz CT molecular complexity index is 1210. The molecule has 1 N–H and O–H groups in total. The van der Waals surface area contributed by atoms with E-state index in [-0.39, 0.29) is 12.1 Å². The van der Waals surface area contributed by atoms with Crippen molar-refractivity contribution in [1.82, 2.24) is 15.0 Å². The van der Waals surface area contributed by atoms with Gasteiger partial charge in [0.25, 0.3) is 0 Å². The highest BCUT2D eigenvalue weighted by Gasteiger charge is 2.30. The van der Waals surface area contributed by atoms with Gasteiger partial charge in [0.05, 0.1) is 23.4 Å². The quantitative estimate of drug-likeness (QED) is 0.458. The Kier molecular flexibility index (Phi) is 7.40. The lowest BCUT2D eigenvalue weighted by atomic mass is 10.1. The molecule has 0 radical (unpaired) electrons. The molecule has 9 nitrogen and oxygen atoms in total. The van der Waals surface area contributed by atoms with Gasteiger partial charge >= 0.3 is 5.97 Å². The molecule has 192 valence electrons. The maximum Gasteiger partial charge on any atom is 0.350 e. The fourth-order valence-corrected chi connectivity index (χ4v) is 6.38. The summed E-state index contributed by atoms with van der Waals surface area (Å²) in [6.07, 6.45) is 4.27. The molecule has 0 saturated carbocycles. The molecule has 5 rings (SSSR count). The maximum absolute atomic E-state index is 12.4. The maximum atomic E-state index is 12.4. The number of anilines is 5. The summed E-state index contributed by atoms with van der Waals surface area (Å²) >= 11 is 3.01. The van der Waals surface area contributed by atoms with Crippen molar-refractivity contribution in [3.63, 3.8) is 0 Å². The number of aliphatic hydroxyl groups is 1. The van der Waals surface area contributed by atoms with Crippen LogP contribution >= 0.6 is 22.7 Å². The molecule has 3 aromatic rings. The number of ether oxygens (including phenoxy) is 1. The molecule has 2 aliphatic heterocycles. The number of thiophene rings is 1. The van der Waals surface area contributed by atoms with E-state index < -0.39 is 0 Å². The molecular formula is C25H32N6O3S2. The van der Waals surface area contributed by atoms with E-state index in [4.69, 9.17) is 14.7 Å². The second kappa shape index (κ2) is 10.7. The largest absolute Gasteiger partial charge is 0.462 e. The summed E-state index contributed by atoms with van der Waals surface area (Å²) in [5.41, 5.74) is 1.80. The number of carbonyl (C=O) groups excluding carboxylic acids is 1. The van der Waals surface area contributed by atoms with Crippen LogP contribution in [0.25, 0.3) is 0 Å². The molecule has 1 fully saturated rings. The van der Waals surface area contributed by atoms with Crippen LogP contribution in [-0.2, 0) is 11.2 Å². The highest BCUT2D eigenvalue weighted by Crippen LogP contribution is 2.40. The van der Waals surface area contributed by atoms with E-state index in [1.165, 1.54) is 16.3 Å². The SMILES string of the molecule is CCOC(=O)c1sc(N(C)c2nc(N3CCC(O)CC3)c3c(n2)N(c2cccs2)CCCC3)nc1C. The zero-order valence-corrected chi connectivity index (χ0v) is 22.6. The van der Waals surface area contributed by atoms with Gasteiger partial charge < -0.3 is 19.6 Å². The van der Waals surface area contributed by atoms with Crippen molar-refractivity contribution in [2.45, 2.75) is 52.1 Å². The fourth-order valence-electron chi connectivity index (χ4n) is 4.70. The van der Waals surface area contributed by atoms with E-state index in [1.807, 2.05) is 18.9 Å². The van der Waals surface area contributed by atoms with Crippen LogP contribution in [0.4, 0.5) is 27.7 Å². The number of carbonyl (C=O) groups is 1. The van der Waals surface area contributed by atoms with Crippen LogP contribution in [0, 0.1) is 6.92 Å². The highest BCUT2D eigenvalue weighted by molar-refractivity contribution is 7.17. The molecule has 11 heteroatoms. The van der Waals surface area contributed by atoms with Gasteiger partial charge in [0.1, 0.15) is 16.5 Å². The number of nitrogens with zero attached hydrogens (tertiary/aromatic N) is 6. The van der Waals surface area contributed by atoms with E-state index >= 15 is 0 Å². The molecule has 5 heterocycles. The third kappa shape index (κ3) is 4.91. The van der Waals surface area contributed by atoms with Crippen molar-refractivity contribution < 1.29 is 14.6 Å². The number of aryl methyl sites for hydroxylation is 1. The number of thiazole rings is 1. The first-order chi connectivity index (χ1) is 17.5. The number of aliphatic hydroxyl groups excluding tert-OH is 1. The second-order valence-corrected chi connectivity index (χ2v) is 11.0. The molecule has 0 spiro atoms. The van der Waals surface area contributed by atoms with Gasteiger partial charge in [0.2, 0.25) is 5.95 Å². The van der Waals surface area contributed by atoms with E-state index in [9.17, 15) is 9.90 Å². The van der Waals surface area contributed by atoms with Crippen molar-refractivity contribution in [2.24, 2.45) is 0 Å². The summed E-state index contributed by atoms with van der Waals surface area (Å²) < 4.78 is 5.21. The summed E-state index contributed by atoms with van der Waals surface area (Å²) in [6.45, 7) is 6.36. The first-order valence-electron chi connectivity index (χ1n) is 12.5. The predicted octanol–water partition coefficient (Wildman–Crippen LogP) is 4.68. The molecule has 1 saturated heterocycles. The first kappa shape index (κ1) is 24.9. The highest BCUT2D eigenvalue weighted by atomic mass is 32.1. The molecule has 2 aliphatic rings. The lowest BCUT2D eigenvalue weighted by molar-refractivity contribution is 0.0531. The van der Waals surface area contributed by atoms with Crippen LogP contribution in [0.15, 0.2) is 17.5 Å². The Balaban J connectivity index is 1.59. The first-order valence-corrected chi connectivity index (χ1v) is 14.2. The van der Waals surface area contributed by atoms with Crippen molar-refractivity contribution in [2.75, 3.05) is 48.0 Å². The lowest BCUT2D eigenvalue weighted by Crippen LogP contribution is -2.37. The minimum absolute atomic E-state index is 0.258. The van der Waals surface area contributed by atoms with Gasteiger partial charge in [0, 0.05) is 32.2 Å². The molecule has 36 heavy (non-hydrogen) atoms. The molecule has 0 aliphatic carbocycles. The van der Waals surface area contributed by atoms with Crippen LogP contribution < -0.4 is 14.7 Å². The Morgan fingerprint density at radius 1 is 1.19 bits per heavy atom. The van der Waals surface area contributed by atoms with E-state index in [2.05, 4.69) is 32.3 Å². The number of aromatic nitrogens is 3. The number of hydrogen-bond acceptors (Lipinski definition) is 11. The summed E-state index contributed by atoms with van der Waals surface area (Å²) in [5, 5.41) is 14.0. The molecule has 0 aromatic carbocycles. The Hall–Kier alpha value is -2.76. The number of esters is 1. The van der Waals surface area contributed by atoms with Crippen LogP contribution in [-0.4, -0.2) is 65.4 Å². The third-order valence-corrected chi connectivity index (χ3v) is 8.74. The van der Waals surface area contributed by atoms with Crippen molar-refractivity contribution in [1.29, 1.82) is 0 Å². The third-order valence-electron chi connectivity index (χ3n) is 6.64. The Labute approximate surface area is 219 Å². The summed E-state index contributed by atoms with van der Waals surface area (Å²) in [4.78, 5) is 34.2. The minimum Gasteiger partial charge on any atom is -0.462 e. The van der Waals surface area contributed by atoms with Gasteiger partial charge in [-0.3, -0.25) is 4.90 Å². The van der Waals surface area contributed by atoms with Crippen molar-refractivity contribution in [3.8, 4) is 0 Å². The van der Waals surface area contributed by atoms with Crippen molar-refractivity contribution in [3.05, 3.63) is 33.6 Å². The van der Waals surface area contributed by atoms with Crippen LogP contribution in [0.3, 0.4) is 0 Å². The van der Waals surface area contributed by atoms with Crippen molar-refractivity contribution >= 4 is 56.4 Å². The number of fused-ring (bicyclic) bond motifs is 1. The average molecular weight is 529 g/mol. The monoisotopic (exact) mass is 528 g/mol. The topological polar surface area (TPSA) is 94.9 Å². The average Bonchev–Trinajstić information content (AvgIpc) is 3.49. The van der Waals surface area contributed by atoms with Gasteiger partial charge in [-0.2, -0.15) is 9.97 Å². The Morgan fingerprint density at radius 3 is 2.69 bits per heavy atom. The number of hydrogen-bond donors (Lipinski definition) is 1. The van der Waals surface area contributed by atoms with E-state index in [0.717, 1.165) is 68.9 Å². The minimum atomic E-state index is -0.355. The van der Waals surface area contributed by atoms with Crippen LogP contribution in [0.5, 0.6) is 0 Å². The summed E-state index contributed by atoms with van der Waals surface area (Å²) in [7, 11) is 1.89. The standard InChI is InChI=1S/C25H32N6O3S2/c1-4-34-23(33)20-16(2)26-25(36-20)29(3)24-27-21(30-13-10-17(32)11-14-30)18-8-5-6-12-31(22(18)28-24)19-9-7-15-35-19/h7,9,15,17,32H,4-6,8,10-14H2,1-3H3. The van der Waals surface area contributed by atoms with Crippen LogP contribution in [0.2, 0.25) is 0 Å². The smallest absolute Gasteiger partial charge is 0.350 e. The number of piperidine rings is 1. The zero-order chi connectivity index (χ0) is 25.2. The summed E-state index contributed by atoms with van der Waals surface area (Å²) in [6, 6.07) is 4.21. The second-order valence-electron chi connectivity index (χ2n) is 9.12. The van der Waals surface area contributed by atoms with Crippen LogP contribution in [0.1, 0.15) is 53.5 Å². The van der Waals surface area contributed by atoms with Gasteiger partial charge in [-0.05, 0) is 63.5 Å². The van der Waals surface area contributed by atoms with Gasteiger partial charge in [-0.25, -0.2) is 9.78 Å². The molecule has 0 atom stereocenters. The van der Waals surface area contributed by atoms with Gasteiger partial charge in [-0.15, -0.1) is 11.3 Å². The normalized spacial score (nSPS) is 16.6. The Morgan fingerprint density at radius 2 is 1.97 bits per heavy atom. The van der Waals surface area contributed by atoms with Gasteiger partial charge in [0.15, 0.2) is 5.13 Å². The zero-order valence-electron chi connectivity index (χ0n) is 20.9. The summed E-state index contributed by atoms with van der Waals surface area (Å²) in [5.74, 6) is 2.07. The predicted molar refractivity (Wildman–Crippen MR) is 145 cm³/mol. The van der Waals surface area contributed by atoms with E-state index in [0.29, 0.717) is 28.3 Å². The lowest BCUT2D eigenvalue weighted by Gasteiger charge is -2.34. The molecule has 0 amide bonds. The molecule has 0 bridgehead atoms. The van der Waals surface area contributed by atoms with E-state index in [1.54, 1.807) is 18.3 Å². The fraction of sp³-hybridized carbons (Fsp3) is 0.520. The van der Waals surface area contributed by atoms with Gasteiger partial charge in [-0.1, -0.05) is 11.3 Å². The number of rotatable bonds is 6. The molecule has 0 unspecified atom stereocenters. The molecular weight excluding hydrogens is 496 g/mol.